The lowest BCUT2D eigenvalue weighted by Gasteiger charge is -2.18. The minimum Gasteiger partial charge on any atom is -0.394 e. The third-order valence-corrected chi connectivity index (χ3v) is 3.86. The van der Waals surface area contributed by atoms with E-state index in [0.29, 0.717) is 0 Å². The maximum Gasteiger partial charge on any atom is 0.288 e. The number of rotatable bonds is 14. The van der Waals surface area contributed by atoms with E-state index in [2.05, 4.69) is 11.9 Å². The Balaban J connectivity index is 4.72. The molecule has 0 saturated heterocycles. The lowest BCUT2D eigenvalue weighted by Crippen LogP contribution is -2.52. The van der Waals surface area contributed by atoms with Crippen molar-refractivity contribution in [1.82, 2.24) is 5.32 Å². The lowest BCUT2D eigenvalue weighted by molar-refractivity contribution is -0.127. The number of hydrogen-bond acceptors (Lipinski definition) is 7. The summed E-state index contributed by atoms with van der Waals surface area (Å²) < 4.78 is 0. The number of primary amides is 1. The second kappa shape index (κ2) is 13.6. The van der Waals surface area contributed by atoms with Gasteiger partial charge in [-0.3, -0.25) is 9.59 Å². The van der Waals surface area contributed by atoms with E-state index in [9.17, 15) is 24.3 Å². The predicted molar refractivity (Wildman–Crippen MR) is 108 cm³/mol. The van der Waals surface area contributed by atoms with E-state index in [1.165, 1.54) is 0 Å². The maximum atomic E-state index is 12.2. The third kappa shape index (κ3) is 9.95. The van der Waals surface area contributed by atoms with Crippen LogP contribution in [0.3, 0.4) is 0 Å². The number of carbonyl (C=O) groups is 4. The van der Waals surface area contributed by atoms with Crippen molar-refractivity contribution < 1.29 is 24.3 Å². The molecule has 0 aliphatic rings. The Bertz CT molecular complexity index is 648. The van der Waals surface area contributed by atoms with E-state index in [4.69, 9.17) is 17.2 Å². The SMILES string of the molecule is C=C/C=C(\C=C/C)CC(N)C(=O)NC(CO)C(=O)BC(=O)CCC(N)C(N)=O. The molecule has 28 heavy (non-hydrogen) atoms. The predicted octanol–water partition coefficient (Wildman–Crippen LogP) is -2.05. The lowest BCUT2D eigenvalue weighted by atomic mass is 9.64. The van der Waals surface area contributed by atoms with Crippen LogP contribution in [0.2, 0.25) is 0 Å². The van der Waals surface area contributed by atoms with Crippen LogP contribution in [-0.4, -0.2) is 60.3 Å². The van der Waals surface area contributed by atoms with Gasteiger partial charge in [0, 0.05) is 0 Å². The van der Waals surface area contributed by atoms with Gasteiger partial charge in [-0.05, 0) is 31.8 Å². The fraction of sp³-hybridized carbons (Fsp3) is 0.444. The maximum absolute atomic E-state index is 12.2. The van der Waals surface area contributed by atoms with Crippen LogP contribution in [0.4, 0.5) is 0 Å². The van der Waals surface area contributed by atoms with Gasteiger partial charge in [0.05, 0.1) is 24.4 Å². The van der Waals surface area contributed by atoms with Crippen LogP contribution in [0.15, 0.2) is 36.5 Å². The molecular weight excluding hydrogens is 363 g/mol. The first-order valence-electron chi connectivity index (χ1n) is 8.86. The summed E-state index contributed by atoms with van der Waals surface area (Å²) in [6, 6.07) is -3.17. The van der Waals surface area contributed by atoms with Crippen LogP contribution in [0.5, 0.6) is 0 Å². The number of nitrogens with one attached hydrogen (secondary N) is 1. The molecule has 3 atom stereocenters. The average molecular weight is 392 g/mol. The number of nitrogens with two attached hydrogens (primary N) is 3. The highest BCUT2D eigenvalue weighted by molar-refractivity contribution is 6.97. The molecule has 0 aromatic carbocycles. The molecule has 3 unspecified atom stereocenters. The quantitative estimate of drug-likeness (QED) is 0.167. The van der Waals surface area contributed by atoms with E-state index >= 15 is 0 Å². The zero-order valence-corrected chi connectivity index (χ0v) is 16.1. The van der Waals surface area contributed by atoms with Gasteiger partial charge >= 0.3 is 0 Å². The topological polar surface area (TPSA) is 179 Å². The van der Waals surface area contributed by atoms with Gasteiger partial charge in [-0.25, -0.2) is 0 Å². The Kier molecular flexibility index (Phi) is 12.3. The van der Waals surface area contributed by atoms with Gasteiger partial charge < -0.3 is 37.2 Å². The van der Waals surface area contributed by atoms with Crippen molar-refractivity contribution in [3.8, 4) is 0 Å². The molecule has 8 N–H and O–H groups in total. The molecule has 0 rings (SSSR count). The summed E-state index contributed by atoms with van der Waals surface area (Å²) >= 11 is 0. The van der Waals surface area contributed by atoms with Gasteiger partial charge in [-0.1, -0.05) is 30.9 Å². The second-order valence-electron chi connectivity index (χ2n) is 6.26. The summed E-state index contributed by atoms with van der Waals surface area (Å²) in [6.07, 6.45) is 6.95. The fourth-order valence-electron chi connectivity index (χ4n) is 2.28. The standard InChI is InChI=1S/C18H29BN4O5/c1-3-5-11(6-4-2)9-13(21)18(28)23-14(10-24)16(26)19-15(25)8-7-12(20)17(22)27/h3-6,12-14,19,24H,1,7-10,20-21H2,2H3,(H2,22,27)(H,23,28)/b6-4-,11-5+. The summed E-state index contributed by atoms with van der Waals surface area (Å²) in [5.74, 6) is -1.37. The number of allylic oxidation sites excluding steroid dienone is 4. The summed E-state index contributed by atoms with van der Waals surface area (Å²) in [7, 11) is -0.508. The number of amides is 2. The number of aliphatic hydroxyl groups excluding tert-OH is 1. The van der Waals surface area contributed by atoms with Crippen LogP contribution in [0.25, 0.3) is 0 Å². The number of aliphatic hydroxyl groups is 1. The summed E-state index contributed by atoms with van der Waals surface area (Å²) in [4.78, 5) is 47.0. The Hall–Kier alpha value is -2.56. The number of carbonyl (C=O) groups excluding carboxylic acids is 4. The van der Waals surface area contributed by atoms with E-state index in [1.807, 2.05) is 6.92 Å². The van der Waals surface area contributed by atoms with E-state index < -0.39 is 55.2 Å². The molecule has 0 fully saturated rings. The third-order valence-electron chi connectivity index (χ3n) is 3.86. The molecule has 0 aliphatic heterocycles. The Labute approximate surface area is 165 Å². The summed E-state index contributed by atoms with van der Waals surface area (Å²) in [5.41, 5.74) is 15.9. The Morgan fingerprint density at radius 1 is 1.21 bits per heavy atom. The minimum absolute atomic E-state index is 0.0197. The monoisotopic (exact) mass is 392 g/mol. The molecule has 9 nitrogen and oxygen atoms in total. The van der Waals surface area contributed by atoms with Crippen LogP contribution in [0, 0.1) is 0 Å². The normalized spacial score (nSPS) is 14.8. The van der Waals surface area contributed by atoms with Gasteiger partial charge in [-0.2, -0.15) is 0 Å². The van der Waals surface area contributed by atoms with Crippen LogP contribution < -0.4 is 22.5 Å². The zero-order valence-electron chi connectivity index (χ0n) is 16.1. The molecule has 154 valence electrons. The summed E-state index contributed by atoms with van der Waals surface area (Å²) in [6.45, 7) is 4.73. The molecule has 0 heterocycles. The molecule has 10 heteroatoms. The highest BCUT2D eigenvalue weighted by Crippen LogP contribution is 2.07. The molecule has 2 amide bonds. The molecule has 0 aromatic rings. The molecule has 0 spiro atoms. The molecule has 0 bridgehead atoms. The molecular formula is C18H29BN4O5. The van der Waals surface area contributed by atoms with Crippen molar-refractivity contribution in [2.24, 2.45) is 17.2 Å². The second-order valence-corrected chi connectivity index (χ2v) is 6.26. The minimum atomic E-state index is -1.25. The van der Waals surface area contributed by atoms with Crippen molar-refractivity contribution in [1.29, 1.82) is 0 Å². The van der Waals surface area contributed by atoms with Crippen molar-refractivity contribution in [2.45, 2.75) is 44.3 Å². The van der Waals surface area contributed by atoms with Gasteiger partial charge in [0.2, 0.25) is 11.8 Å². The Morgan fingerprint density at radius 2 is 1.86 bits per heavy atom. The molecule has 0 aromatic heterocycles. The first-order valence-corrected chi connectivity index (χ1v) is 8.86. The van der Waals surface area contributed by atoms with Crippen molar-refractivity contribution in [2.75, 3.05) is 6.61 Å². The summed E-state index contributed by atoms with van der Waals surface area (Å²) in [5, 5.41) is 11.7. The highest BCUT2D eigenvalue weighted by Gasteiger charge is 2.26. The van der Waals surface area contributed by atoms with Crippen molar-refractivity contribution in [3.63, 3.8) is 0 Å². The average Bonchev–Trinajstić information content (AvgIpc) is 2.63. The Morgan fingerprint density at radius 3 is 2.36 bits per heavy atom. The first kappa shape index (κ1) is 25.4. The van der Waals surface area contributed by atoms with Crippen molar-refractivity contribution >= 4 is 30.5 Å². The van der Waals surface area contributed by atoms with E-state index in [0.717, 1.165) is 5.57 Å². The highest BCUT2D eigenvalue weighted by atomic mass is 16.3. The van der Waals surface area contributed by atoms with Crippen LogP contribution >= 0.6 is 0 Å². The van der Waals surface area contributed by atoms with Gasteiger partial charge in [0.25, 0.3) is 7.28 Å². The zero-order chi connectivity index (χ0) is 21.7. The van der Waals surface area contributed by atoms with Crippen molar-refractivity contribution in [3.05, 3.63) is 36.5 Å². The van der Waals surface area contributed by atoms with Crippen LogP contribution in [0.1, 0.15) is 26.2 Å². The molecule has 0 aliphatic carbocycles. The number of hydrogen-bond donors (Lipinski definition) is 5. The molecule has 0 saturated carbocycles. The van der Waals surface area contributed by atoms with Crippen LogP contribution in [-0.2, 0) is 19.2 Å². The smallest absolute Gasteiger partial charge is 0.288 e. The van der Waals surface area contributed by atoms with Gasteiger partial charge in [0.1, 0.15) is 11.7 Å². The fourth-order valence-corrected chi connectivity index (χ4v) is 2.28. The van der Waals surface area contributed by atoms with E-state index in [-0.39, 0.29) is 19.3 Å². The van der Waals surface area contributed by atoms with Gasteiger partial charge in [-0.15, -0.1) is 0 Å². The molecule has 0 radical (unpaired) electrons. The van der Waals surface area contributed by atoms with Gasteiger partial charge in [0.15, 0.2) is 0 Å². The van der Waals surface area contributed by atoms with E-state index in [1.54, 1.807) is 24.3 Å². The largest absolute Gasteiger partial charge is 0.394 e. The first-order chi connectivity index (χ1) is 13.2.